The van der Waals surface area contributed by atoms with Crippen molar-refractivity contribution < 1.29 is 0 Å². The Kier molecular flexibility index (Phi) is 2.60. The number of hydrogen-bond donors (Lipinski definition) is 1. The Morgan fingerprint density at radius 1 is 1.05 bits per heavy atom. The zero-order valence-corrected chi connectivity index (χ0v) is 11.6. The van der Waals surface area contributed by atoms with Crippen LogP contribution in [0.1, 0.15) is 5.69 Å². The third-order valence-electron chi connectivity index (χ3n) is 3.67. The van der Waals surface area contributed by atoms with Crippen LogP contribution in [0, 0.1) is 6.92 Å². The van der Waals surface area contributed by atoms with Crippen molar-refractivity contribution in [2.24, 2.45) is 0 Å². The van der Waals surface area contributed by atoms with Crippen LogP contribution in [0.4, 0.5) is 0 Å². The Morgan fingerprint density at radius 2 is 1.90 bits per heavy atom. The molecule has 3 aromatic heterocycles. The Bertz CT molecular complexity index is 903. The fraction of sp³-hybridized carbons (Fsp3) is 0.0588. The first kappa shape index (κ1) is 11.9. The average Bonchev–Trinajstić information content (AvgIpc) is 3.14. The fourth-order valence-electron chi connectivity index (χ4n) is 2.63. The molecule has 0 aliphatic rings. The minimum atomic E-state index is 0.877. The predicted octanol–water partition coefficient (Wildman–Crippen LogP) is 3.72. The van der Waals surface area contributed by atoms with Gasteiger partial charge in [0.1, 0.15) is 5.65 Å². The summed E-state index contributed by atoms with van der Waals surface area (Å²) in [6.45, 7) is 2.04. The lowest BCUT2D eigenvalue weighted by molar-refractivity contribution is 0.868. The molecule has 0 saturated carbocycles. The van der Waals surface area contributed by atoms with Gasteiger partial charge in [-0.1, -0.05) is 30.3 Å². The highest BCUT2D eigenvalue weighted by molar-refractivity contribution is 5.84. The van der Waals surface area contributed by atoms with Crippen molar-refractivity contribution in [1.29, 1.82) is 0 Å². The average molecular weight is 274 g/mol. The lowest BCUT2D eigenvalue weighted by Gasteiger charge is -2.02. The zero-order chi connectivity index (χ0) is 14.2. The Hall–Kier alpha value is -2.88. The molecule has 4 heteroatoms. The van der Waals surface area contributed by atoms with Gasteiger partial charge >= 0.3 is 0 Å². The molecule has 1 aromatic carbocycles. The van der Waals surface area contributed by atoms with Crippen molar-refractivity contribution in [3.05, 3.63) is 66.7 Å². The number of H-pyrrole nitrogens is 1. The molecule has 0 amide bonds. The standard InChI is InChI=1S/C17H14N4/c1-12-15(13-5-3-2-4-6-13)11-21(20-12)16-8-10-19-17-14(16)7-9-18-17/h2-11H,1H3,(H,18,19). The van der Waals surface area contributed by atoms with Gasteiger partial charge in [-0.3, -0.25) is 0 Å². The quantitative estimate of drug-likeness (QED) is 0.605. The Labute approximate surface area is 122 Å². The molecule has 0 saturated heterocycles. The molecular weight excluding hydrogens is 260 g/mol. The van der Waals surface area contributed by atoms with E-state index in [0.717, 1.165) is 28.0 Å². The van der Waals surface area contributed by atoms with Crippen LogP contribution in [-0.4, -0.2) is 19.7 Å². The molecule has 4 nitrogen and oxygen atoms in total. The van der Waals surface area contributed by atoms with E-state index in [1.807, 2.05) is 48.1 Å². The number of pyridine rings is 1. The molecule has 0 atom stereocenters. The second kappa shape index (κ2) is 4.59. The van der Waals surface area contributed by atoms with E-state index in [2.05, 4.69) is 33.4 Å². The van der Waals surface area contributed by atoms with Crippen molar-refractivity contribution in [3.8, 4) is 16.8 Å². The molecule has 4 rings (SSSR count). The second-order valence-electron chi connectivity index (χ2n) is 5.01. The van der Waals surface area contributed by atoms with Gasteiger partial charge in [-0.2, -0.15) is 5.10 Å². The van der Waals surface area contributed by atoms with Crippen LogP contribution in [0.15, 0.2) is 61.1 Å². The van der Waals surface area contributed by atoms with Gasteiger partial charge in [-0.15, -0.1) is 0 Å². The highest BCUT2D eigenvalue weighted by Gasteiger charge is 2.10. The van der Waals surface area contributed by atoms with E-state index in [1.54, 1.807) is 6.20 Å². The van der Waals surface area contributed by atoms with E-state index in [1.165, 1.54) is 5.56 Å². The summed E-state index contributed by atoms with van der Waals surface area (Å²) in [6, 6.07) is 14.3. The number of aromatic nitrogens is 4. The third kappa shape index (κ3) is 1.92. The molecule has 0 aliphatic heterocycles. The Balaban J connectivity index is 1.89. The summed E-state index contributed by atoms with van der Waals surface area (Å²) in [7, 11) is 0. The summed E-state index contributed by atoms with van der Waals surface area (Å²) < 4.78 is 1.93. The van der Waals surface area contributed by atoms with Gasteiger partial charge in [0.05, 0.1) is 11.4 Å². The first-order valence-electron chi connectivity index (χ1n) is 6.87. The smallest absolute Gasteiger partial charge is 0.139 e. The number of hydrogen-bond acceptors (Lipinski definition) is 2. The molecule has 102 valence electrons. The monoisotopic (exact) mass is 274 g/mol. The van der Waals surface area contributed by atoms with E-state index in [0.29, 0.717) is 0 Å². The van der Waals surface area contributed by atoms with Crippen LogP contribution < -0.4 is 0 Å². The van der Waals surface area contributed by atoms with E-state index < -0.39 is 0 Å². The summed E-state index contributed by atoms with van der Waals surface area (Å²) in [4.78, 5) is 7.45. The van der Waals surface area contributed by atoms with Gasteiger partial charge in [-0.25, -0.2) is 9.67 Å². The summed E-state index contributed by atoms with van der Waals surface area (Å²) in [5, 5.41) is 5.73. The number of fused-ring (bicyclic) bond motifs is 1. The number of rotatable bonds is 2. The van der Waals surface area contributed by atoms with Gasteiger partial charge in [0.25, 0.3) is 0 Å². The van der Waals surface area contributed by atoms with Gasteiger partial charge in [0, 0.05) is 29.5 Å². The number of aryl methyl sites for hydroxylation is 1. The molecule has 0 radical (unpaired) electrons. The first-order valence-corrected chi connectivity index (χ1v) is 6.87. The normalized spacial score (nSPS) is 11.1. The molecule has 0 bridgehead atoms. The molecule has 3 heterocycles. The van der Waals surface area contributed by atoms with Crippen molar-refractivity contribution >= 4 is 11.0 Å². The van der Waals surface area contributed by atoms with Gasteiger partial charge < -0.3 is 4.98 Å². The van der Waals surface area contributed by atoms with Crippen LogP contribution >= 0.6 is 0 Å². The molecular formula is C17H14N4. The molecule has 0 fully saturated rings. The molecule has 21 heavy (non-hydrogen) atoms. The lowest BCUT2D eigenvalue weighted by atomic mass is 10.1. The number of aromatic amines is 1. The van der Waals surface area contributed by atoms with E-state index in [9.17, 15) is 0 Å². The van der Waals surface area contributed by atoms with Crippen LogP contribution in [0.25, 0.3) is 27.8 Å². The van der Waals surface area contributed by atoms with Gasteiger partial charge in [-0.05, 0) is 24.6 Å². The maximum atomic E-state index is 4.66. The highest BCUT2D eigenvalue weighted by atomic mass is 15.3. The minimum absolute atomic E-state index is 0.877. The van der Waals surface area contributed by atoms with Crippen LogP contribution in [-0.2, 0) is 0 Å². The highest BCUT2D eigenvalue weighted by Crippen LogP contribution is 2.26. The maximum absolute atomic E-state index is 4.66. The number of benzene rings is 1. The van der Waals surface area contributed by atoms with Crippen LogP contribution in [0.5, 0.6) is 0 Å². The van der Waals surface area contributed by atoms with Crippen molar-refractivity contribution in [3.63, 3.8) is 0 Å². The molecule has 4 aromatic rings. The summed E-state index contributed by atoms with van der Waals surface area (Å²) >= 11 is 0. The number of nitrogens with one attached hydrogen (secondary N) is 1. The summed E-state index contributed by atoms with van der Waals surface area (Å²) in [6.07, 6.45) is 5.77. The Morgan fingerprint density at radius 3 is 2.76 bits per heavy atom. The van der Waals surface area contributed by atoms with Gasteiger partial charge in [0.15, 0.2) is 0 Å². The number of nitrogens with zero attached hydrogens (tertiary/aromatic N) is 3. The van der Waals surface area contributed by atoms with Crippen LogP contribution in [0.3, 0.4) is 0 Å². The predicted molar refractivity (Wildman–Crippen MR) is 83.4 cm³/mol. The molecule has 0 unspecified atom stereocenters. The topological polar surface area (TPSA) is 46.5 Å². The maximum Gasteiger partial charge on any atom is 0.139 e. The van der Waals surface area contributed by atoms with Crippen LogP contribution in [0.2, 0.25) is 0 Å². The van der Waals surface area contributed by atoms with E-state index >= 15 is 0 Å². The van der Waals surface area contributed by atoms with Crippen molar-refractivity contribution in [2.75, 3.05) is 0 Å². The molecule has 1 N–H and O–H groups in total. The SMILES string of the molecule is Cc1nn(-c2ccnc3[nH]ccc23)cc1-c1ccccc1. The minimum Gasteiger partial charge on any atom is -0.346 e. The van der Waals surface area contributed by atoms with Gasteiger partial charge in [0.2, 0.25) is 0 Å². The van der Waals surface area contributed by atoms with E-state index in [-0.39, 0.29) is 0 Å². The fourth-order valence-corrected chi connectivity index (χ4v) is 2.63. The molecule has 0 aliphatic carbocycles. The largest absolute Gasteiger partial charge is 0.346 e. The second-order valence-corrected chi connectivity index (χ2v) is 5.01. The lowest BCUT2D eigenvalue weighted by Crippen LogP contribution is -1.96. The zero-order valence-electron chi connectivity index (χ0n) is 11.6. The summed E-state index contributed by atoms with van der Waals surface area (Å²) in [5.41, 5.74) is 5.26. The van der Waals surface area contributed by atoms with Crippen molar-refractivity contribution in [1.82, 2.24) is 19.7 Å². The first-order chi connectivity index (χ1) is 10.3. The molecule has 0 spiro atoms. The van der Waals surface area contributed by atoms with E-state index in [4.69, 9.17) is 0 Å². The third-order valence-corrected chi connectivity index (χ3v) is 3.67. The summed E-state index contributed by atoms with van der Waals surface area (Å²) in [5.74, 6) is 0. The van der Waals surface area contributed by atoms with Crippen molar-refractivity contribution in [2.45, 2.75) is 6.92 Å².